The van der Waals surface area contributed by atoms with Crippen LogP contribution in [-0.4, -0.2) is 31.1 Å². The van der Waals surface area contributed by atoms with Crippen molar-refractivity contribution in [3.8, 4) is 0 Å². The molecule has 0 atom stereocenters. The zero-order valence-electron chi connectivity index (χ0n) is 14.1. The monoisotopic (exact) mass is 408 g/mol. The Balaban J connectivity index is 1.83. The molecule has 3 rings (SSSR count). The SMILES string of the molecule is CC1=C(c2ccc(F)cc2)S(=O)(=O)N(CC(=O)Nc2ccc(Cl)cc2)C1=O. The van der Waals surface area contributed by atoms with E-state index in [4.69, 9.17) is 11.6 Å². The summed E-state index contributed by atoms with van der Waals surface area (Å²) in [5.74, 6) is -2.00. The molecule has 1 N–H and O–H groups in total. The molecule has 0 saturated carbocycles. The van der Waals surface area contributed by atoms with Gasteiger partial charge in [-0.15, -0.1) is 0 Å². The average Bonchev–Trinajstić information content (AvgIpc) is 2.78. The lowest BCUT2D eigenvalue weighted by Crippen LogP contribution is -2.38. The Morgan fingerprint density at radius 1 is 1.11 bits per heavy atom. The first-order valence-corrected chi connectivity index (χ1v) is 9.61. The van der Waals surface area contributed by atoms with Crippen LogP contribution in [0.25, 0.3) is 4.91 Å². The summed E-state index contributed by atoms with van der Waals surface area (Å²) in [5.41, 5.74) is 0.570. The van der Waals surface area contributed by atoms with Gasteiger partial charge in [0.2, 0.25) is 5.91 Å². The molecule has 27 heavy (non-hydrogen) atoms. The number of amides is 2. The fourth-order valence-corrected chi connectivity index (χ4v) is 4.58. The first kappa shape index (κ1) is 19.1. The molecular formula is C18H14ClFN2O4S. The fourth-order valence-electron chi connectivity index (χ4n) is 2.68. The van der Waals surface area contributed by atoms with E-state index in [9.17, 15) is 22.4 Å². The van der Waals surface area contributed by atoms with Gasteiger partial charge in [0.15, 0.2) is 0 Å². The quantitative estimate of drug-likeness (QED) is 0.842. The van der Waals surface area contributed by atoms with Crippen molar-refractivity contribution in [2.24, 2.45) is 0 Å². The van der Waals surface area contributed by atoms with Crippen molar-refractivity contribution in [1.29, 1.82) is 0 Å². The van der Waals surface area contributed by atoms with Gasteiger partial charge >= 0.3 is 0 Å². The minimum absolute atomic E-state index is 0.0269. The van der Waals surface area contributed by atoms with Crippen molar-refractivity contribution in [2.45, 2.75) is 6.92 Å². The minimum atomic E-state index is -4.23. The summed E-state index contributed by atoms with van der Waals surface area (Å²) in [6.07, 6.45) is 0. The maximum absolute atomic E-state index is 13.1. The van der Waals surface area contributed by atoms with Crippen LogP contribution >= 0.6 is 11.6 Å². The van der Waals surface area contributed by atoms with Gasteiger partial charge in [0.1, 0.15) is 17.3 Å². The van der Waals surface area contributed by atoms with Gasteiger partial charge < -0.3 is 5.32 Å². The first-order valence-electron chi connectivity index (χ1n) is 7.79. The Morgan fingerprint density at radius 3 is 2.30 bits per heavy atom. The van der Waals surface area contributed by atoms with E-state index >= 15 is 0 Å². The first-order chi connectivity index (χ1) is 12.7. The number of sulfonamides is 1. The Hall–Kier alpha value is -2.71. The smallest absolute Gasteiger partial charge is 0.268 e. The maximum Gasteiger partial charge on any atom is 0.268 e. The average molecular weight is 409 g/mol. The number of halogens is 2. The number of benzene rings is 2. The van der Waals surface area contributed by atoms with Crippen LogP contribution in [0.2, 0.25) is 5.02 Å². The van der Waals surface area contributed by atoms with Crippen LogP contribution in [0.4, 0.5) is 10.1 Å². The van der Waals surface area contributed by atoms with E-state index < -0.39 is 34.2 Å². The van der Waals surface area contributed by atoms with Crippen molar-refractivity contribution in [3.05, 3.63) is 70.5 Å². The molecule has 2 aromatic rings. The van der Waals surface area contributed by atoms with E-state index in [2.05, 4.69) is 5.32 Å². The lowest BCUT2D eigenvalue weighted by atomic mass is 10.1. The number of hydrogen-bond donors (Lipinski definition) is 1. The molecule has 2 amide bonds. The van der Waals surface area contributed by atoms with Gasteiger partial charge in [0.05, 0.1) is 0 Å². The highest BCUT2D eigenvalue weighted by Crippen LogP contribution is 2.35. The van der Waals surface area contributed by atoms with Crippen LogP contribution < -0.4 is 5.32 Å². The van der Waals surface area contributed by atoms with E-state index in [0.29, 0.717) is 15.0 Å². The molecule has 140 valence electrons. The highest BCUT2D eigenvalue weighted by atomic mass is 35.5. The predicted octanol–water partition coefficient (Wildman–Crippen LogP) is 3.02. The zero-order valence-corrected chi connectivity index (χ0v) is 15.6. The third-order valence-electron chi connectivity index (χ3n) is 3.96. The molecule has 0 bridgehead atoms. The van der Waals surface area contributed by atoms with Gasteiger partial charge in [-0.1, -0.05) is 23.7 Å². The second kappa shape index (κ2) is 7.13. The fraction of sp³-hybridized carbons (Fsp3) is 0.111. The molecule has 2 aromatic carbocycles. The molecule has 0 aliphatic carbocycles. The largest absolute Gasteiger partial charge is 0.325 e. The summed E-state index contributed by atoms with van der Waals surface area (Å²) >= 11 is 5.77. The van der Waals surface area contributed by atoms with Gasteiger partial charge in [-0.2, -0.15) is 0 Å². The van der Waals surface area contributed by atoms with Crippen LogP contribution in [0, 0.1) is 5.82 Å². The highest BCUT2D eigenvalue weighted by Gasteiger charge is 2.43. The molecule has 9 heteroatoms. The Bertz CT molecular complexity index is 1050. The van der Waals surface area contributed by atoms with Gasteiger partial charge in [0.25, 0.3) is 15.9 Å². The van der Waals surface area contributed by atoms with Crippen LogP contribution in [-0.2, 0) is 19.6 Å². The number of hydrogen-bond acceptors (Lipinski definition) is 4. The third kappa shape index (κ3) is 3.72. The highest BCUT2D eigenvalue weighted by molar-refractivity contribution is 7.99. The summed E-state index contributed by atoms with van der Waals surface area (Å²) in [6, 6.07) is 11.0. The predicted molar refractivity (Wildman–Crippen MR) is 99.7 cm³/mol. The summed E-state index contributed by atoms with van der Waals surface area (Å²) < 4.78 is 39.2. The van der Waals surface area contributed by atoms with E-state index in [1.54, 1.807) is 24.3 Å². The molecule has 0 fully saturated rings. The molecule has 0 spiro atoms. The molecule has 1 heterocycles. The van der Waals surface area contributed by atoms with Gasteiger partial charge in [0, 0.05) is 16.3 Å². The van der Waals surface area contributed by atoms with Crippen LogP contribution in [0.1, 0.15) is 12.5 Å². The number of nitrogens with one attached hydrogen (secondary N) is 1. The van der Waals surface area contributed by atoms with E-state index in [-0.39, 0.29) is 16.0 Å². The van der Waals surface area contributed by atoms with Gasteiger partial charge in [-0.05, 0) is 48.9 Å². The second-order valence-corrected chi connectivity index (χ2v) is 8.07. The molecule has 0 saturated heterocycles. The molecule has 0 unspecified atom stereocenters. The number of anilines is 1. The van der Waals surface area contributed by atoms with Crippen molar-refractivity contribution in [1.82, 2.24) is 4.31 Å². The van der Waals surface area contributed by atoms with Crippen LogP contribution in [0.5, 0.6) is 0 Å². The summed E-state index contributed by atoms with van der Waals surface area (Å²) in [4.78, 5) is 24.4. The molecular weight excluding hydrogens is 395 g/mol. The van der Waals surface area contributed by atoms with E-state index in [1.165, 1.54) is 19.1 Å². The van der Waals surface area contributed by atoms with Crippen molar-refractivity contribution in [2.75, 3.05) is 11.9 Å². The standard InChI is InChI=1S/C18H14ClFN2O4S/c1-11-17(12-2-6-14(20)7-3-12)27(25,26)22(18(11)24)10-16(23)21-15-8-4-13(19)5-9-15/h2-9H,10H2,1H3,(H,21,23). The Morgan fingerprint density at radius 2 is 1.70 bits per heavy atom. The molecule has 6 nitrogen and oxygen atoms in total. The van der Waals surface area contributed by atoms with Gasteiger partial charge in [-0.25, -0.2) is 17.1 Å². The molecule has 1 aliphatic rings. The number of nitrogens with zero attached hydrogens (tertiary/aromatic N) is 1. The third-order valence-corrected chi connectivity index (χ3v) is 6.14. The topological polar surface area (TPSA) is 83.6 Å². The van der Waals surface area contributed by atoms with Crippen molar-refractivity contribution >= 4 is 44.0 Å². The number of carbonyl (C=O) groups is 2. The summed E-state index contributed by atoms with van der Waals surface area (Å²) in [6.45, 7) is 0.682. The normalized spacial score (nSPS) is 16.0. The summed E-state index contributed by atoms with van der Waals surface area (Å²) in [5, 5.41) is 2.99. The van der Waals surface area contributed by atoms with Crippen molar-refractivity contribution < 1.29 is 22.4 Å². The number of rotatable bonds is 4. The Kier molecular flexibility index (Phi) is 5.03. The van der Waals surface area contributed by atoms with E-state index in [0.717, 1.165) is 12.1 Å². The second-order valence-electron chi connectivity index (χ2n) is 5.83. The maximum atomic E-state index is 13.1. The molecule has 1 aliphatic heterocycles. The molecule has 0 aromatic heterocycles. The zero-order chi connectivity index (χ0) is 19.8. The Labute approximate surface area is 160 Å². The van der Waals surface area contributed by atoms with Gasteiger partial charge in [-0.3, -0.25) is 9.59 Å². The van der Waals surface area contributed by atoms with Crippen molar-refractivity contribution in [3.63, 3.8) is 0 Å². The lowest BCUT2D eigenvalue weighted by molar-refractivity contribution is -0.126. The molecule has 0 radical (unpaired) electrons. The van der Waals surface area contributed by atoms with Crippen LogP contribution in [0.15, 0.2) is 54.1 Å². The van der Waals surface area contributed by atoms with E-state index in [1.807, 2.05) is 0 Å². The summed E-state index contributed by atoms with van der Waals surface area (Å²) in [7, 11) is -4.23. The number of carbonyl (C=O) groups excluding carboxylic acids is 2. The lowest BCUT2D eigenvalue weighted by Gasteiger charge is -2.16. The minimum Gasteiger partial charge on any atom is -0.325 e. The van der Waals surface area contributed by atoms with Crippen LogP contribution in [0.3, 0.4) is 0 Å².